The number of benzene rings is 1. The molecule has 0 saturated carbocycles. The third kappa shape index (κ3) is 4.75. The number of carbonyl (C=O) groups is 1. The fraction of sp³-hybridized carbons (Fsp3) is 0.611. The minimum absolute atomic E-state index is 0.166. The standard InChI is InChI=1S/C18H27NO2S/c1-3-11-19(12-4-2)18(20)16-9-5-6-10-17(16)22-14-15-8-7-13-21-15/h5-6,9-10,15H,3-4,7-8,11-14H2,1-2H3. The summed E-state index contributed by atoms with van der Waals surface area (Å²) in [4.78, 5) is 15.9. The Morgan fingerprint density at radius 3 is 2.64 bits per heavy atom. The summed E-state index contributed by atoms with van der Waals surface area (Å²) in [7, 11) is 0. The van der Waals surface area contributed by atoms with Gasteiger partial charge in [-0.15, -0.1) is 11.8 Å². The van der Waals surface area contributed by atoms with Crippen molar-refractivity contribution in [1.82, 2.24) is 4.90 Å². The van der Waals surface area contributed by atoms with E-state index in [1.807, 2.05) is 23.1 Å². The lowest BCUT2D eigenvalue weighted by molar-refractivity contribution is 0.0752. The quantitative estimate of drug-likeness (QED) is 0.671. The fourth-order valence-electron chi connectivity index (χ4n) is 2.75. The van der Waals surface area contributed by atoms with Crippen molar-refractivity contribution in [3.8, 4) is 0 Å². The van der Waals surface area contributed by atoms with E-state index in [0.29, 0.717) is 6.10 Å². The maximum atomic E-state index is 12.8. The number of hydrogen-bond acceptors (Lipinski definition) is 3. The Morgan fingerprint density at radius 1 is 1.27 bits per heavy atom. The van der Waals surface area contributed by atoms with Crippen LogP contribution in [0, 0.1) is 0 Å². The van der Waals surface area contributed by atoms with E-state index in [-0.39, 0.29) is 5.91 Å². The topological polar surface area (TPSA) is 29.5 Å². The molecule has 0 bridgehead atoms. The van der Waals surface area contributed by atoms with Crippen molar-refractivity contribution in [3.63, 3.8) is 0 Å². The first kappa shape index (κ1) is 17.4. The van der Waals surface area contributed by atoms with Gasteiger partial charge in [-0.3, -0.25) is 4.79 Å². The Hall–Kier alpha value is -1.00. The highest BCUT2D eigenvalue weighted by atomic mass is 32.2. The molecule has 0 N–H and O–H groups in total. The predicted molar refractivity (Wildman–Crippen MR) is 92.6 cm³/mol. The molecule has 1 aromatic carbocycles. The molecule has 0 radical (unpaired) electrons. The van der Waals surface area contributed by atoms with E-state index in [0.717, 1.165) is 61.6 Å². The van der Waals surface area contributed by atoms with E-state index in [2.05, 4.69) is 19.9 Å². The van der Waals surface area contributed by atoms with Crippen molar-refractivity contribution in [3.05, 3.63) is 29.8 Å². The Kier molecular flexibility index (Phi) is 7.26. The van der Waals surface area contributed by atoms with Crippen molar-refractivity contribution in [2.24, 2.45) is 0 Å². The van der Waals surface area contributed by atoms with Gasteiger partial charge in [0.2, 0.25) is 0 Å². The highest BCUT2D eigenvalue weighted by Crippen LogP contribution is 2.27. The van der Waals surface area contributed by atoms with Crippen LogP contribution >= 0.6 is 11.8 Å². The first-order valence-corrected chi connectivity index (χ1v) is 9.37. The van der Waals surface area contributed by atoms with Gasteiger partial charge < -0.3 is 9.64 Å². The van der Waals surface area contributed by atoms with E-state index >= 15 is 0 Å². The summed E-state index contributed by atoms with van der Waals surface area (Å²) in [6.07, 6.45) is 4.64. The molecule has 1 unspecified atom stereocenters. The van der Waals surface area contributed by atoms with E-state index in [4.69, 9.17) is 4.74 Å². The third-order valence-electron chi connectivity index (χ3n) is 3.84. The van der Waals surface area contributed by atoms with Crippen LogP contribution in [0.1, 0.15) is 49.9 Å². The van der Waals surface area contributed by atoms with Gasteiger partial charge in [0.25, 0.3) is 5.91 Å². The third-order valence-corrected chi connectivity index (χ3v) is 5.05. The molecule has 0 aliphatic carbocycles. The maximum Gasteiger partial charge on any atom is 0.254 e. The summed E-state index contributed by atoms with van der Waals surface area (Å²) in [6.45, 7) is 6.78. The summed E-state index contributed by atoms with van der Waals surface area (Å²) in [5.41, 5.74) is 0.840. The minimum Gasteiger partial charge on any atom is -0.377 e. The monoisotopic (exact) mass is 321 g/mol. The Balaban J connectivity index is 2.06. The highest BCUT2D eigenvalue weighted by molar-refractivity contribution is 7.99. The molecule has 3 nitrogen and oxygen atoms in total. The average Bonchev–Trinajstić information content (AvgIpc) is 3.06. The second-order valence-electron chi connectivity index (χ2n) is 5.73. The summed E-state index contributed by atoms with van der Waals surface area (Å²) >= 11 is 1.75. The zero-order valence-corrected chi connectivity index (χ0v) is 14.5. The van der Waals surface area contributed by atoms with Gasteiger partial charge in [-0.25, -0.2) is 0 Å². The van der Waals surface area contributed by atoms with Crippen molar-refractivity contribution in [2.75, 3.05) is 25.4 Å². The lowest BCUT2D eigenvalue weighted by atomic mass is 10.2. The lowest BCUT2D eigenvalue weighted by Gasteiger charge is -2.23. The second-order valence-corrected chi connectivity index (χ2v) is 6.80. The van der Waals surface area contributed by atoms with Crippen molar-refractivity contribution in [1.29, 1.82) is 0 Å². The van der Waals surface area contributed by atoms with Crippen LogP contribution in [0.4, 0.5) is 0 Å². The van der Waals surface area contributed by atoms with Gasteiger partial charge in [-0.2, -0.15) is 0 Å². The predicted octanol–water partition coefficient (Wildman–Crippen LogP) is 4.22. The Morgan fingerprint density at radius 2 is 2.00 bits per heavy atom. The molecule has 1 saturated heterocycles. The summed E-state index contributed by atoms with van der Waals surface area (Å²) in [5.74, 6) is 1.10. The molecule has 1 fully saturated rings. The fourth-order valence-corrected chi connectivity index (χ4v) is 3.87. The van der Waals surface area contributed by atoms with Crippen LogP contribution in [0.25, 0.3) is 0 Å². The van der Waals surface area contributed by atoms with Gasteiger partial charge in [-0.1, -0.05) is 26.0 Å². The van der Waals surface area contributed by atoms with E-state index in [1.54, 1.807) is 11.8 Å². The number of carbonyl (C=O) groups excluding carboxylic acids is 1. The van der Waals surface area contributed by atoms with Crippen molar-refractivity contribution >= 4 is 17.7 Å². The summed E-state index contributed by atoms with van der Waals surface area (Å²) in [5, 5.41) is 0. The molecule has 0 aromatic heterocycles. The number of hydrogen-bond donors (Lipinski definition) is 0. The highest BCUT2D eigenvalue weighted by Gasteiger charge is 2.20. The largest absolute Gasteiger partial charge is 0.377 e. The SMILES string of the molecule is CCCN(CCC)C(=O)c1ccccc1SCC1CCCO1. The number of rotatable bonds is 8. The van der Waals surface area contributed by atoms with Gasteiger partial charge in [0.15, 0.2) is 0 Å². The van der Waals surface area contributed by atoms with Crippen LogP contribution < -0.4 is 0 Å². The summed E-state index contributed by atoms with van der Waals surface area (Å²) in [6, 6.07) is 7.99. The zero-order chi connectivity index (χ0) is 15.8. The maximum absolute atomic E-state index is 12.8. The van der Waals surface area contributed by atoms with Gasteiger partial charge in [0, 0.05) is 30.3 Å². The Bertz CT molecular complexity index is 466. The molecule has 1 aliphatic heterocycles. The first-order valence-electron chi connectivity index (χ1n) is 8.39. The van der Waals surface area contributed by atoms with Gasteiger partial charge in [0.1, 0.15) is 0 Å². The molecule has 1 amide bonds. The number of amides is 1. The lowest BCUT2D eigenvalue weighted by Crippen LogP contribution is -2.32. The number of thioether (sulfide) groups is 1. The Labute approximate surface area is 138 Å². The molecular weight excluding hydrogens is 294 g/mol. The van der Waals surface area contributed by atoms with Gasteiger partial charge in [-0.05, 0) is 37.8 Å². The van der Waals surface area contributed by atoms with Crippen LogP contribution in [0.15, 0.2) is 29.2 Å². The van der Waals surface area contributed by atoms with Crippen LogP contribution in [0.5, 0.6) is 0 Å². The minimum atomic E-state index is 0.166. The van der Waals surface area contributed by atoms with Crippen LogP contribution in [-0.2, 0) is 4.74 Å². The molecule has 22 heavy (non-hydrogen) atoms. The molecule has 1 atom stereocenters. The second kappa shape index (κ2) is 9.21. The first-order chi connectivity index (χ1) is 10.8. The molecule has 0 spiro atoms. The summed E-state index contributed by atoms with van der Waals surface area (Å²) < 4.78 is 5.68. The van der Waals surface area contributed by atoms with E-state index in [1.165, 1.54) is 0 Å². The molecule has 1 heterocycles. The smallest absolute Gasteiger partial charge is 0.254 e. The van der Waals surface area contributed by atoms with E-state index in [9.17, 15) is 4.79 Å². The zero-order valence-electron chi connectivity index (χ0n) is 13.7. The van der Waals surface area contributed by atoms with Crippen LogP contribution in [0.2, 0.25) is 0 Å². The van der Waals surface area contributed by atoms with E-state index < -0.39 is 0 Å². The number of nitrogens with zero attached hydrogens (tertiary/aromatic N) is 1. The molecule has 4 heteroatoms. The molecule has 2 rings (SSSR count). The normalized spacial score (nSPS) is 17.6. The van der Waals surface area contributed by atoms with Crippen molar-refractivity contribution in [2.45, 2.75) is 50.5 Å². The van der Waals surface area contributed by atoms with Crippen LogP contribution in [-0.4, -0.2) is 42.4 Å². The average molecular weight is 321 g/mol. The molecular formula is C18H27NO2S. The van der Waals surface area contributed by atoms with Gasteiger partial charge in [0.05, 0.1) is 11.7 Å². The molecule has 122 valence electrons. The van der Waals surface area contributed by atoms with Crippen LogP contribution in [0.3, 0.4) is 0 Å². The molecule has 1 aromatic rings. The molecule has 1 aliphatic rings. The number of ether oxygens (including phenoxy) is 1. The van der Waals surface area contributed by atoms with Gasteiger partial charge >= 0.3 is 0 Å². The van der Waals surface area contributed by atoms with Crippen molar-refractivity contribution < 1.29 is 9.53 Å².